The number of allylic oxidation sites excluding steroid dienone is 2. The molecule has 0 aromatic heterocycles. The van der Waals surface area contributed by atoms with Crippen LogP contribution in [0.5, 0.6) is 5.75 Å². The Morgan fingerprint density at radius 3 is 3.00 bits per heavy atom. The van der Waals surface area contributed by atoms with Crippen molar-refractivity contribution in [3.05, 3.63) is 40.9 Å². The summed E-state index contributed by atoms with van der Waals surface area (Å²) in [4.78, 5) is 11.8. The molecule has 1 aliphatic carbocycles. The Bertz CT molecular complexity index is 526. The number of phenolic OH excluding ortho intramolecular Hbond substituents is 1. The molecule has 1 amide bonds. The van der Waals surface area contributed by atoms with Gasteiger partial charge < -0.3 is 5.11 Å². The molecule has 100 valence electrons. The summed E-state index contributed by atoms with van der Waals surface area (Å²) in [7, 11) is 0. The summed E-state index contributed by atoms with van der Waals surface area (Å²) >= 11 is 5.70. The quantitative estimate of drug-likeness (QED) is 0.507. The topological polar surface area (TPSA) is 61.7 Å². The average Bonchev–Trinajstić information content (AvgIpc) is 2.39. The van der Waals surface area contributed by atoms with Crippen LogP contribution in [0.2, 0.25) is 5.02 Å². The van der Waals surface area contributed by atoms with Crippen LogP contribution < -0.4 is 5.43 Å². The van der Waals surface area contributed by atoms with E-state index in [1.165, 1.54) is 12.1 Å². The van der Waals surface area contributed by atoms with Gasteiger partial charge in [-0.15, -0.1) is 0 Å². The second-order valence-corrected chi connectivity index (χ2v) is 4.86. The van der Waals surface area contributed by atoms with Crippen LogP contribution in [0.1, 0.15) is 29.6 Å². The van der Waals surface area contributed by atoms with Gasteiger partial charge in [0.25, 0.3) is 5.91 Å². The molecule has 2 rings (SSSR count). The van der Waals surface area contributed by atoms with Gasteiger partial charge in [-0.25, -0.2) is 5.43 Å². The van der Waals surface area contributed by atoms with E-state index in [1.54, 1.807) is 12.3 Å². The minimum Gasteiger partial charge on any atom is -0.507 e. The molecule has 1 aromatic rings. The Hall–Kier alpha value is -1.81. The van der Waals surface area contributed by atoms with E-state index in [0.29, 0.717) is 10.9 Å². The van der Waals surface area contributed by atoms with Gasteiger partial charge in [0.1, 0.15) is 5.75 Å². The molecule has 5 heteroatoms. The normalized spacial score (nSPS) is 18.7. The van der Waals surface area contributed by atoms with Crippen LogP contribution in [0.3, 0.4) is 0 Å². The molecule has 0 unspecified atom stereocenters. The van der Waals surface area contributed by atoms with Crippen LogP contribution in [-0.4, -0.2) is 17.2 Å². The average molecular weight is 279 g/mol. The van der Waals surface area contributed by atoms with Crippen molar-refractivity contribution in [1.82, 2.24) is 5.43 Å². The third kappa shape index (κ3) is 3.83. The van der Waals surface area contributed by atoms with Crippen LogP contribution in [0, 0.1) is 5.92 Å². The summed E-state index contributed by atoms with van der Waals surface area (Å²) in [6, 6.07) is 4.34. The van der Waals surface area contributed by atoms with Gasteiger partial charge in [-0.2, -0.15) is 5.10 Å². The van der Waals surface area contributed by atoms with E-state index in [0.717, 1.165) is 19.3 Å². The number of amides is 1. The zero-order valence-corrected chi connectivity index (χ0v) is 11.1. The fraction of sp³-hybridized carbons (Fsp3) is 0.286. The maximum atomic E-state index is 11.8. The van der Waals surface area contributed by atoms with Gasteiger partial charge in [0.15, 0.2) is 0 Å². The summed E-state index contributed by atoms with van der Waals surface area (Å²) in [6.45, 7) is 0. The Kier molecular flexibility index (Phi) is 4.58. The first-order valence-electron chi connectivity index (χ1n) is 6.14. The largest absolute Gasteiger partial charge is 0.507 e. The lowest BCUT2D eigenvalue weighted by molar-refractivity contribution is 0.0952. The van der Waals surface area contributed by atoms with Crippen LogP contribution in [-0.2, 0) is 0 Å². The lowest BCUT2D eigenvalue weighted by Crippen LogP contribution is -2.19. The fourth-order valence-electron chi connectivity index (χ4n) is 1.91. The highest BCUT2D eigenvalue weighted by atomic mass is 35.5. The van der Waals surface area contributed by atoms with Crippen LogP contribution in [0.25, 0.3) is 0 Å². The molecule has 2 N–H and O–H groups in total. The van der Waals surface area contributed by atoms with Crippen molar-refractivity contribution in [2.45, 2.75) is 19.3 Å². The Balaban J connectivity index is 1.93. The summed E-state index contributed by atoms with van der Waals surface area (Å²) in [5.41, 5.74) is 2.57. The van der Waals surface area contributed by atoms with Crippen molar-refractivity contribution in [1.29, 1.82) is 0 Å². The van der Waals surface area contributed by atoms with E-state index in [2.05, 4.69) is 22.7 Å². The molecule has 1 aromatic carbocycles. The molecule has 0 spiro atoms. The second-order valence-electron chi connectivity index (χ2n) is 4.43. The van der Waals surface area contributed by atoms with Crippen LogP contribution in [0.4, 0.5) is 0 Å². The maximum Gasteiger partial charge on any atom is 0.275 e. The van der Waals surface area contributed by atoms with Crippen molar-refractivity contribution in [2.24, 2.45) is 11.0 Å². The van der Waals surface area contributed by atoms with Crippen molar-refractivity contribution in [3.63, 3.8) is 0 Å². The number of aromatic hydroxyl groups is 1. The lowest BCUT2D eigenvalue weighted by Gasteiger charge is -2.11. The highest BCUT2D eigenvalue weighted by Gasteiger charge is 2.11. The molecule has 19 heavy (non-hydrogen) atoms. The highest BCUT2D eigenvalue weighted by molar-refractivity contribution is 6.30. The van der Waals surface area contributed by atoms with E-state index < -0.39 is 5.91 Å². The van der Waals surface area contributed by atoms with Gasteiger partial charge in [-0.1, -0.05) is 23.8 Å². The molecule has 4 nitrogen and oxygen atoms in total. The minimum absolute atomic E-state index is 0.152. The Morgan fingerprint density at radius 2 is 2.32 bits per heavy atom. The first-order chi connectivity index (χ1) is 9.16. The van der Waals surface area contributed by atoms with E-state index in [9.17, 15) is 9.90 Å². The van der Waals surface area contributed by atoms with Crippen molar-refractivity contribution in [3.8, 4) is 5.75 Å². The van der Waals surface area contributed by atoms with Crippen molar-refractivity contribution >= 4 is 23.7 Å². The zero-order valence-electron chi connectivity index (χ0n) is 10.3. The predicted molar refractivity (Wildman–Crippen MR) is 75.6 cm³/mol. The number of hydrazone groups is 1. The molecule has 1 aliphatic rings. The molecule has 0 bridgehead atoms. The molecular formula is C14H15ClN2O2. The van der Waals surface area contributed by atoms with E-state index in [-0.39, 0.29) is 11.3 Å². The first-order valence-corrected chi connectivity index (χ1v) is 6.51. The number of rotatable bonds is 3. The number of carbonyl (C=O) groups excluding carboxylic acids is 1. The Morgan fingerprint density at radius 1 is 1.47 bits per heavy atom. The van der Waals surface area contributed by atoms with Gasteiger partial charge in [0, 0.05) is 11.2 Å². The Labute approximate surface area is 116 Å². The predicted octanol–water partition coefficient (Wildman–Crippen LogP) is 3.12. The first kappa shape index (κ1) is 13.6. The van der Waals surface area contributed by atoms with Crippen LogP contribution >= 0.6 is 11.6 Å². The smallest absolute Gasteiger partial charge is 0.275 e. The number of nitrogens with zero attached hydrogens (tertiary/aromatic N) is 1. The SMILES string of the molecule is O=C(N/N=C\[C@H]1CC=CCC1)c1ccc(Cl)cc1O. The van der Waals surface area contributed by atoms with Crippen molar-refractivity contribution < 1.29 is 9.90 Å². The molecule has 0 radical (unpaired) electrons. The number of nitrogens with one attached hydrogen (secondary N) is 1. The number of hydrogen-bond donors (Lipinski definition) is 2. The third-order valence-corrected chi connectivity index (χ3v) is 3.20. The summed E-state index contributed by atoms with van der Waals surface area (Å²) in [6.07, 6.45) is 9.05. The van der Waals surface area contributed by atoms with Gasteiger partial charge in [-0.05, 0) is 43.4 Å². The minimum atomic E-state index is -0.447. The number of halogens is 1. The molecule has 0 heterocycles. The third-order valence-electron chi connectivity index (χ3n) is 2.97. The number of carbonyl (C=O) groups is 1. The molecule has 0 saturated heterocycles. The van der Waals surface area contributed by atoms with Gasteiger partial charge in [0.2, 0.25) is 0 Å². The molecule has 1 atom stereocenters. The standard InChI is InChI=1S/C14H15ClN2O2/c15-11-6-7-12(13(18)8-11)14(19)17-16-9-10-4-2-1-3-5-10/h1-2,6-10,18H,3-5H2,(H,17,19)/b16-9-/t10-/m0/s1. The van der Waals surface area contributed by atoms with Crippen LogP contribution in [0.15, 0.2) is 35.5 Å². The molecule has 0 fully saturated rings. The molecule has 0 saturated carbocycles. The fourth-order valence-corrected chi connectivity index (χ4v) is 2.08. The van der Waals surface area contributed by atoms with E-state index in [4.69, 9.17) is 11.6 Å². The van der Waals surface area contributed by atoms with E-state index in [1.807, 2.05) is 0 Å². The monoisotopic (exact) mass is 278 g/mol. The molecular weight excluding hydrogens is 264 g/mol. The molecule has 0 aliphatic heterocycles. The summed E-state index contributed by atoms with van der Waals surface area (Å²) < 4.78 is 0. The zero-order chi connectivity index (χ0) is 13.7. The van der Waals surface area contributed by atoms with Gasteiger partial charge in [0.05, 0.1) is 5.56 Å². The van der Waals surface area contributed by atoms with Gasteiger partial charge in [-0.3, -0.25) is 4.79 Å². The summed E-state index contributed by atoms with van der Waals surface area (Å²) in [5, 5.41) is 13.9. The highest BCUT2D eigenvalue weighted by Crippen LogP contribution is 2.21. The second kappa shape index (κ2) is 6.38. The lowest BCUT2D eigenvalue weighted by atomic mass is 9.96. The number of hydrogen-bond acceptors (Lipinski definition) is 3. The maximum absolute atomic E-state index is 11.8. The van der Waals surface area contributed by atoms with E-state index >= 15 is 0 Å². The van der Waals surface area contributed by atoms with Gasteiger partial charge >= 0.3 is 0 Å². The number of benzene rings is 1. The number of phenols is 1. The summed E-state index contributed by atoms with van der Waals surface area (Å²) in [5.74, 6) is -0.235. The van der Waals surface area contributed by atoms with Crippen molar-refractivity contribution in [2.75, 3.05) is 0 Å².